The van der Waals surface area contributed by atoms with Crippen LogP contribution in [0, 0.1) is 11.6 Å². The Hall–Kier alpha value is -3.48. The Balaban J connectivity index is 1.26. The van der Waals surface area contributed by atoms with E-state index in [0.717, 1.165) is 28.4 Å². The number of hydrogen-bond donors (Lipinski definition) is 2. The van der Waals surface area contributed by atoms with E-state index in [9.17, 15) is 13.6 Å². The summed E-state index contributed by atoms with van der Waals surface area (Å²) in [4.78, 5) is 23.0. The summed E-state index contributed by atoms with van der Waals surface area (Å²) in [6.45, 7) is 4.57. The van der Waals surface area contributed by atoms with Gasteiger partial charge in [0, 0.05) is 31.2 Å². The molecule has 2 N–H and O–H groups in total. The maximum absolute atomic E-state index is 15.1. The number of anilines is 3. The molecule has 0 amide bonds. The third-order valence-electron chi connectivity index (χ3n) is 7.86. The van der Waals surface area contributed by atoms with Crippen molar-refractivity contribution in [3.8, 4) is 5.69 Å². The van der Waals surface area contributed by atoms with Gasteiger partial charge in [-0.2, -0.15) is 14.3 Å². The molecule has 38 heavy (non-hydrogen) atoms. The molecule has 1 aromatic carbocycles. The van der Waals surface area contributed by atoms with E-state index in [1.807, 2.05) is 0 Å². The van der Waals surface area contributed by atoms with Gasteiger partial charge in [0.25, 0.3) is 0 Å². The lowest BCUT2D eigenvalue weighted by atomic mass is 9.84. The quantitative estimate of drug-likeness (QED) is 0.501. The summed E-state index contributed by atoms with van der Waals surface area (Å²) >= 11 is 0. The van der Waals surface area contributed by atoms with Crippen LogP contribution in [0.3, 0.4) is 0 Å². The highest BCUT2D eigenvalue weighted by atomic mass is 19.1. The zero-order valence-corrected chi connectivity index (χ0v) is 21.5. The van der Waals surface area contributed by atoms with E-state index in [0.29, 0.717) is 37.1 Å². The monoisotopic (exact) mass is 529 g/mol. The lowest BCUT2D eigenvalue weighted by molar-refractivity contribution is 0.0475. The van der Waals surface area contributed by atoms with E-state index >= 15 is 4.39 Å². The number of alkyl halides is 1. The molecule has 3 aromatic rings. The minimum atomic E-state index is -0.853. The molecule has 0 bridgehead atoms. The second-order valence-corrected chi connectivity index (χ2v) is 11.2. The van der Waals surface area contributed by atoms with Crippen LogP contribution in [0.15, 0.2) is 23.1 Å². The predicted molar refractivity (Wildman–Crippen MR) is 135 cm³/mol. The van der Waals surface area contributed by atoms with Crippen molar-refractivity contribution in [1.29, 1.82) is 0 Å². The molecule has 2 aliphatic heterocycles. The summed E-state index contributed by atoms with van der Waals surface area (Å²) in [6, 6.07) is 2.83. The summed E-state index contributed by atoms with van der Waals surface area (Å²) in [6.07, 6.45) is 3.79. The average molecular weight is 530 g/mol. The second-order valence-electron chi connectivity index (χ2n) is 11.2. The van der Waals surface area contributed by atoms with Gasteiger partial charge in [-0.1, -0.05) is 0 Å². The number of hydrogen-bond acceptors (Lipinski definition) is 8. The number of piperidine rings is 1. The van der Waals surface area contributed by atoms with Gasteiger partial charge >= 0.3 is 5.69 Å². The number of aromatic nitrogens is 6. The largest absolute Gasteiger partial charge is 0.368 e. The van der Waals surface area contributed by atoms with E-state index < -0.39 is 23.5 Å². The minimum absolute atomic E-state index is 0.00748. The van der Waals surface area contributed by atoms with Crippen LogP contribution in [0.4, 0.5) is 30.6 Å². The van der Waals surface area contributed by atoms with E-state index in [1.165, 1.54) is 19.2 Å². The predicted octanol–water partition coefficient (Wildman–Crippen LogP) is 3.42. The van der Waals surface area contributed by atoms with Crippen LogP contribution >= 0.6 is 0 Å². The van der Waals surface area contributed by atoms with Crippen molar-refractivity contribution in [2.75, 3.05) is 17.2 Å². The SMILES string of the molecule is Cn1nnn(-c2cc(Nc3ncc(F)c(N[C@@H]4C[C@@H]5C[C@H](F)CN5C(C)(C)C4)n3)c(F)cc2C2CC2)c1=O. The zero-order chi connectivity index (χ0) is 26.8. The molecule has 3 atom stereocenters. The first-order valence-corrected chi connectivity index (χ1v) is 12.9. The molecule has 1 aliphatic carbocycles. The Morgan fingerprint density at radius 3 is 2.61 bits per heavy atom. The fourth-order valence-corrected chi connectivity index (χ4v) is 5.95. The molecule has 0 radical (unpaired) electrons. The summed E-state index contributed by atoms with van der Waals surface area (Å²) in [7, 11) is 1.49. The fourth-order valence-electron chi connectivity index (χ4n) is 5.95. The van der Waals surface area contributed by atoms with Gasteiger partial charge < -0.3 is 10.6 Å². The number of aryl methyl sites for hydroxylation is 1. The van der Waals surface area contributed by atoms with Gasteiger partial charge in [-0.15, -0.1) is 0 Å². The molecule has 4 heterocycles. The van der Waals surface area contributed by atoms with Crippen molar-refractivity contribution >= 4 is 17.5 Å². The van der Waals surface area contributed by atoms with Crippen LogP contribution in [-0.4, -0.2) is 65.0 Å². The van der Waals surface area contributed by atoms with Gasteiger partial charge in [-0.3, -0.25) is 4.90 Å². The third kappa shape index (κ3) is 4.52. The summed E-state index contributed by atoms with van der Waals surface area (Å²) in [5, 5.41) is 13.7. The number of tetrazole rings is 1. The molecule has 10 nitrogen and oxygen atoms in total. The van der Waals surface area contributed by atoms with Gasteiger partial charge in [-0.25, -0.2) is 22.9 Å². The summed E-state index contributed by atoms with van der Waals surface area (Å²) in [5.41, 5.74) is 0.423. The molecule has 13 heteroatoms. The van der Waals surface area contributed by atoms with Crippen molar-refractivity contribution < 1.29 is 13.2 Å². The lowest BCUT2D eigenvalue weighted by Gasteiger charge is -2.47. The fraction of sp³-hybridized carbons (Fsp3) is 0.560. The number of halogens is 3. The molecule has 0 spiro atoms. The van der Waals surface area contributed by atoms with Gasteiger partial charge in [0.2, 0.25) is 5.95 Å². The molecule has 6 rings (SSSR count). The van der Waals surface area contributed by atoms with Crippen molar-refractivity contribution in [1.82, 2.24) is 34.7 Å². The Labute approximate surface area is 217 Å². The first-order chi connectivity index (χ1) is 18.1. The molecule has 2 saturated heterocycles. The third-order valence-corrected chi connectivity index (χ3v) is 7.86. The molecule has 1 saturated carbocycles. The molecule has 3 fully saturated rings. The molecule has 0 unspecified atom stereocenters. The number of rotatable bonds is 6. The van der Waals surface area contributed by atoms with E-state index in [-0.39, 0.29) is 41.0 Å². The maximum atomic E-state index is 15.1. The summed E-state index contributed by atoms with van der Waals surface area (Å²) < 4.78 is 46.2. The number of fused-ring (bicyclic) bond motifs is 1. The van der Waals surface area contributed by atoms with Crippen molar-refractivity contribution in [3.05, 3.63) is 46.0 Å². The van der Waals surface area contributed by atoms with E-state index in [2.05, 4.69) is 49.8 Å². The molecule has 2 aromatic heterocycles. The van der Waals surface area contributed by atoms with Crippen molar-refractivity contribution in [2.24, 2.45) is 7.05 Å². The standard InChI is InChI=1S/C25H30F3N9O/c1-25(2)10-15(7-16-6-14(26)12-36(16)25)30-22-19(28)11-29-23(32-22)31-20-9-21(37-24(38)35(3)33-34-37)17(8-18(20)27)13-4-5-13/h8-9,11,13-16H,4-7,10,12H2,1-3H3,(H2,29,30,31,32)/t14-,15+,16-/m0/s1. The van der Waals surface area contributed by atoms with Crippen LogP contribution in [0.5, 0.6) is 0 Å². The van der Waals surface area contributed by atoms with E-state index in [4.69, 9.17) is 0 Å². The Bertz CT molecular complexity index is 1430. The lowest BCUT2D eigenvalue weighted by Crippen LogP contribution is -2.55. The molecular formula is C25H30F3N9O. The average Bonchev–Trinajstić information content (AvgIpc) is 3.55. The summed E-state index contributed by atoms with van der Waals surface area (Å²) in [5.74, 6) is -1.06. The molecular weight excluding hydrogens is 499 g/mol. The first-order valence-electron chi connectivity index (χ1n) is 12.9. The van der Waals surface area contributed by atoms with Crippen molar-refractivity contribution in [2.45, 2.75) is 75.7 Å². The van der Waals surface area contributed by atoms with Crippen LogP contribution in [-0.2, 0) is 7.05 Å². The molecule has 202 valence electrons. The zero-order valence-electron chi connectivity index (χ0n) is 21.5. The van der Waals surface area contributed by atoms with Crippen LogP contribution in [0.2, 0.25) is 0 Å². The Morgan fingerprint density at radius 2 is 1.89 bits per heavy atom. The number of nitrogens with zero attached hydrogens (tertiary/aromatic N) is 7. The van der Waals surface area contributed by atoms with Gasteiger partial charge in [0.1, 0.15) is 12.0 Å². The van der Waals surface area contributed by atoms with Crippen molar-refractivity contribution in [3.63, 3.8) is 0 Å². The number of nitrogens with one attached hydrogen (secondary N) is 2. The van der Waals surface area contributed by atoms with Crippen LogP contribution in [0.25, 0.3) is 5.69 Å². The normalized spacial score (nSPS) is 24.8. The number of benzene rings is 1. The minimum Gasteiger partial charge on any atom is -0.365 e. The van der Waals surface area contributed by atoms with Crippen LogP contribution < -0.4 is 16.3 Å². The van der Waals surface area contributed by atoms with Crippen LogP contribution in [0.1, 0.15) is 57.4 Å². The van der Waals surface area contributed by atoms with Gasteiger partial charge in [0.05, 0.1) is 17.6 Å². The Kier molecular flexibility index (Phi) is 5.93. The second kappa shape index (κ2) is 9.07. The highest BCUT2D eigenvalue weighted by molar-refractivity contribution is 5.62. The smallest absolute Gasteiger partial charge is 0.365 e. The maximum Gasteiger partial charge on any atom is 0.368 e. The highest BCUT2D eigenvalue weighted by Gasteiger charge is 2.46. The topological polar surface area (TPSA) is 106 Å². The Morgan fingerprint density at radius 1 is 1.11 bits per heavy atom. The molecule has 3 aliphatic rings. The first kappa shape index (κ1) is 24.8. The van der Waals surface area contributed by atoms with Gasteiger partial charge in [-0.05, 0) is 80.0 Å². The van der Waals surface area contributed by atoms with E-state index in [1.54, 1.807) is 0 Å². The van der Waals surface area contributed by atoms with Gasteiger partial charge in [0.15, 0.2) is 11.6 Å². The highest BCUT2D eigenvalue weighted by Crippen LogP contribution is 2.44.